The van der Waals surface area contributed by atoms with Crippen LogP contribution in [-0.2, 0) is 11.2 Å². The first kappa shape index (κ1) is 18.2. The highest BCUT2D eigenvalue weighted by Gasteiger charge is 2.17. The van der Waals surface area contributed by atoms with Gasteiger partial charge in [-0.3, -0.25) is 9.59 Å². The minimum Gasteiger partial charge on any atom is -0.339 e. The molecule has 0 spiro atoms. The molecule has 4 heteroatoms. The zero-order valence-corrected chi connectivity index (χ0v) is 15.3. The van der Waals surface area contributed by atoms with E-state index in [-0.39, 0.29) is 11.8 Å². The number of nitrogens with one attached hydrogen (secondary N) is 1. The van der Waals surface area contributed by atoms with E-state index in [4.69, 9.17) is 0 Å². The number of carbonyl (C=O) groups excluding carboxylic acids is 2. The Hall–Kier alpha value is -2.62. The van der Waals surface area contributed by atoms with Gasteiger partial charge in [0.05, 0.1) is 6.42 Å². The molecule has 0 aliphatic carbocycles. The summed E-state index contributed by atoms with van der Waals surface area (Å²) in [5, 5.41) is 2.91. The summed E-state index contributed by atoms with van der Waals surface area (Å²) in [5.41, 5.74) is 3.54. The van der Waals surface area contributed by atoms with Crippen LogP contribution >= 0.6 is 0 Å². The normalized spacial score (nSPS) is 14.6. The van der Waals surface area contributed by atoms with Crippen molar-refractivity contribution in [3.05, 3.63) is 65.2 Å². The van der Waals surface area contributed by atoms with E-state index in [1.165, 1.54) is 12.8 Å². The van der Waals surface area contributed by atoms with E-state index in [2.05, 4.69) is 5.32 Å². The maximum absolute atomic E-state index is 12.6. The Morgan fingerprint density at radius 1 is 0.923 bits per heavy atom. The van der Waals surface area contributed by atoms with Crippen molar-refractivity contribution in [2.75, 3.05) is 18.4 Å². The molecule has 2 amide bonds. The van der Waals surface area contributed by atoms with Gasteiger partial charge in [0.25, 0.3) is 5.91 Å². The van der Waals surface area contributed by atoms with Crippen molar-refractivity contribution < 1.29 is 9.59 Å². The number of nitrogens with zero attached hydrogens (tertiary/aromatic N) is 1. The molecule has 26 heavy (non-hydrogen) atoms. The van der Waals surface area contributed by atoms with Crippen molar-refractivity contribution in [3.8, 4) is 0 Å². The fourth-order valence-corrected chi connectivity index (χ4v) is 3.34. The van der Waals surface area contributed by atoms with E-state index in [1.54, 1.807) is 24.3 Å². The van der Waals surface area contributed by atoms with E-state index in [1.807, 2.05) is 36.1 Å². The number of rotatable bonds is 4. The molecule has 136 valence electrons. The standard InChI is InChI=1S/C22H26N2O2/c1-17-8-4-5-9-19(17)16-21(25)23-20-12-10-18(11-13-20)22(26)24-14-6-2-3-7-15-24/h4-5,8-13H,2-3,6-7,14-16H2,1H3,(H,23,25). The van der Waals surface area contributed by atoms with Crippen LogP contribution in [0.25, 0.3) is 0 Å². The number of amides is 2. The van der Waals surface area contributed by atoms with Crippen LogP contribution in [0.3, 0.4) is 0 Å². The van der Waals surface area contributed by atoms with Crippen LogP contribution in [0.5, 0.6) is 0 Å². The van der Waals surface area contributed by atoms with Crippen LogP contribution in [0, 0.1) is 6.92 Å². The molecule has 4 nitrogen and oxygen atoms in total. The molecule has 0 unspecified atom stereocenters. The molecule has 1 aliphatic heterocycles. The van der Waals surface area contributed by atoms with Gasteiger partial charge < -0.3 is 10.2 Å². The Balaban J connectivity index is 1.59. The zero-order chi connectivity index (χ0) is 18.4. The number of benzene rings is 2. The summed E-state index contributed by atoms with van der Waals surface area (Å²) >= 11 is 0. The Bertz CT molecular complexity index is 760. The third-order valence-corrected chi connectivity index (χ3v) is 4.92. The summed E-state index contributed by atoms with van der Waals surface area (Å²) < 4.78 is 0. The number of hydrogen-bond donors (Lipinski definition) is 1. The van der Waals surface area contributed by atoms with Gasteiger partial charge in [0.2, 0.25) is 5.91 Å². The number of hydrogen-bond acceptors (Lipinski definition) is 2. The number of aryl methyl sites for hydroxylation is 1. The van der Waals surface area contributed by atoms with Gasteiger partial charge in [0, 0.05) is 24.3 Å². The first-order valence-corrected chi connectivity index (χ1v) is 9.37. The molecule has 1 fully saturated rings. The molecule has 3 rings (SSSR count). The lowest BCUT2D eigenvalue weighted by Gasteiger charge is -2.20. The first-order valence-electron chi connectivity index (χ1n) is 9.37. The van der Waals surface area contributed by atoms with E-state index in [9.17, 15) is 9.59 Å². The lowest BCUT2D eigenvalue weighted by Crippen LogP contribution is -2.31. The van der Waals surface area contributed by atoms with Crippen LogP contribution in [-0.4, -0.2) is 29.8 Å². The van der Waals surface area contributed by atoms with Crippen LogP contribution < -0.4 is 5.32 Å². The summed E-state index contributed by atoms with van der Waals surface area (Å²) in [5.74, 6) is 0.0376. The fourth-order valence-electron chi connectivity index (χ4n) is 3.34. The summed E-state index contributed by atoms with van der Waals surface area (Å²) in [6.45, 7) is 3.69. The molecule has 0 aromatic heterocycles. The van der Waals surface area contributed by atoms with E-state index in [0.717, 1.165) is 42.7 Å². The van der Waals surface area contributed by atoms with Gasteiger partial charge in [-0.1, -0.05) is 37.1 Å². The predicted molar refractivity (Wildman–Crippen MR) is 104 cm³/mol. The molecule has 1 saturated heterocycles. The van der Waals surface area contributed by atoms with Gasteiger partial charge in [-0.2, -0.15) is 0 Å². The maximum Gasteiger partial charge on any atom is 0.253 e. The van der Waals surface area contributed by atoms with E-state index < -0.39 is 0 Å². The summed E-state index contributed by atoms with van der Waals surface area (Å²) in [6.07, 6.45) is 4.92. The van der Waals surface area contributed by atoms with Crippen molar-refractivity contribution in [2.24, 2.45) is 0 Å². The Labute approximate surface area is 155 Å². The molecular formula is C22H26N2O2. The van der Waals surface area contributed by atoms with Gasteiger partial charge in [0.1, 0.15) is 0 Å². The lowest BCUT2D eigenvalue weighted by atomic mass is 10.1. The Morgan fingerprint density at radius 2 is 1.58 bits per heavy atom. The van der Waals surface area contributed by atoms with Gasteiger partial charge in [-0.05, 0) is 55.2 Å². The van der Waals surface area contributed by atoms with Crippen LogP contribution in [0.2, 0.25) is 0 Å². The van der Waals surface area contributed by atoms with Crippen molar-refractivity contribution in [3.63, 3.8) is 0 Å². The van der Waals surface area contributed by atoms with Crippen LogP contribution in [0.4, 0.5) is 5.69 Å². The second kappa shape index (κ2) is 8.65. The smallest absolute Gasteiger partial charge is 0.253 e. The van der Waals surface area contributed by atoms with Gasteiger partial charge in [-0.25, -0.2) is 0 Å². The van der Waals surface area contributed by atoms with Crippen LogP contribution in [0.1, 0.15) is 47.2 Å². The third-order valence-electron chi connectivity index (χ3n) is 4.92. The Morgan fingerprint density at radius 3 is 2.23 bits per heavy atom. The van der Waals surface area contributed by atoms with Gasteiger partial charge >= 0.3 is 0 Å². The first-order chi connectivity index (χ1) is 12.6. The Kier molecular flexibility index (Phi) is 6.05. The quantitative estimate of drug-likeness (QED) is 0.899. The molecule has 0 radical (unpaired) electrons. The van der Waals surface area contributed by atoms with Crippen molar-refractivity contribution >= 4 is 17.5 Å². The van der Waals surface area contributed by atoms with E-state index in [0.29, 0.717) is 12.0 Å². The summed E-state index contributed by atoms with van der Waals surface area (Å²) in [7, 11) is 0. The molecule has 2 aromatic carbocycles. The highest BCUT2D eigenvalue weighted by atomic mass is 16.2. The third kappa shape index (κ3) is 4.72. The maximum atomic E-state index is 12.6. The van der Waals surface area contributed by atoms with Crippen molar-refractivity contribution in [1.82, 2.24) is 4.90 Å². The molecule has 0 bridgehead atoms. The summed E-state index contributed by atoms with van der Waals surface area (Å²) in [6, 6.07) is 15.1. The molecule has 1 N–H and O–H groups in total. The molecule has 0 atom stereocenters. The SMILES string of the molecule is Cc1ccccc1CC(=O)Nc1ccc(C(=O)N2CCCCCC2)cc1. The molecule has 0 saturated carbocycles. The van der Waals surface area contributed by atoms with Gasteiger partial charge in [-0.15, -0.1) is 0 Å². The van der Waals surface area contributed by atoms with Crippen molar-refractivity contribution in [1.29, 1.82) is 0 Å². The lowest BCUT2D eigenvalue weighted by molar-refractivity contribution is -0.115. The monoisotopic (exact) mass is 350 g/mol. The topological polar surface area (TPSA) is 49.4 Å². The largest absolute Gasteiger partial charge is 0.339 e. The molecule has 1 heterocycles. The number of carbonyl (C=O) groups is 2. The van der Waals surface area contributed by atoms with Gasteiger partial charge in [0.15, 0.2) is 0 Å². The van der Waals surface area contributed by atoms with Crippen molar-refractivity contribution in [2.45, 2.75) is 39.0 Å². The number of likely N-dealkylation sites (tertiary alicyclic amines) is 1. The highest BCUT2D eigenvalue weighted by Crippen LogP contribution is 2.16. The minimum atomic E-state index is -0.0501. The molecule has 1 aliphatic rings. The number of anilines is 1. The molecule has 2 aromatic rings. The molecular weight excluding hydrogens is 324 g/mol. The average Bonchev–Trinajstić information content (AvgIpc) is 2.93. The van der Waals surface area contributed by atoms with E-state index >= 15 is 0 Å². The zero-order valence-electron chi connectivity index (χ0n) is 15.3. The summed E-state index contributed by atoms with van der Waals surface area (Å²) in [4.78, 5) is 26.8. The minimum absolute atomic E-state index is 0.0501. The second-order valence-corrected chi connectivity index (χ2v) is 6.94. The predicted octanol–water partition coefficient (Wildman–Crippen LogP) is 4.19. The average molecular weight is 350 g/mol. The fraction of sp³-hybridized carbons (Fsp3) is 0.364. The highest BCUT2D eigenvalue weighted by molar-refractivity contribution is 5.96. The second-order valence-electron chi connectivity index (χ2n) is 6.94. The van der Waals surface area contributed by atoms with Crippen LogP contribution in [0.15, 0.2) is 48.5 Å².